The van der Waals surface area contributed by atoms with Crippen LogP contribution in [-0.2, 0) is 18.2 Å². The average molecular weight is 553 g/mol. The number of hydrogen-bond donors (Lipinski definition) is 1. The molecule has 1 heterocycles. The molecule has 1 saturated heterocycles. The first kappa shape index (κ1) is 19.9. The Hall–Kier alpha value is -2.77. The van der Waals surface area contributed by atoms with Gasteiger partial charge in [0.25, 0.3) is 0 Å². The molecule has 7 heteroatoms. The van der Waals surface area contributed by atoms with Crippen LogP contribution in [0.5, 0.6) is 0 Å². The van der Waals surface area contributed by atoms with Gasteiger partial charge < -0.3 is 5.11 Å². The molecule has 1 aliphatic heterocycles. The van der Waals surface area contributed by atoms with E-state index >= 15 is 0 Å². The van der Waals surface area contributed by atoms with Crippen LogP contribution >= 0.6 is 31.9 Å². The van der Waals surface area contributed by atoms with Crippen molar-refractivity contribution in [1.82, 2.24) is 0 Å². The predicted octanol–water partition coefficient (Wildman–Crippen LogP) is 4.79. The van der Waals surface area contributed by atoms with Gasteiger partial charge in [-0.2, -0.15) is 0 Å². The molecule has 3 aliphatic carbocycles. The number of amides is 2. The number of carbonyl (C=O) groups excluding carboxylic acids is 2. The number of hydrogen-bond acceptors (Lipinski definition) is 3. The molecule has 0 spiro atoms. The molecule has 0 unspecified atom stereocenters. The standard InChI is InChI=1S/C25H15Br2NO4/c26-24-14-8-2-3-9-15(14)25(27,17-11-5-4-10-16(17)24)20-19(24)21(29)28(22(20)30)18-12-6-1-7-13(18)23(31)32/h1-12,19-20H,(H,31,32)/t19-,20-,24?,25?/m1/s1. The SMILES string of the molecule is O=C(O)c1ccccc1N1C(=O)[C@H]2[C@H](C1=O)C1(Br)c3ccccc3C2(Br)c2ccccc21. The first-order chi connectivity index (χ1) is 15.3. The smallest absolute Gasteiger partial charge is 0.337 e. The zero-order valence-electron chi connectivity index (χ0n) is 16.5. The van der Waals surface area contributed by atoms with Gasteiger partial charge >= 0.3 is 5.97 Å². The maximum atomic E-state index is 13.9. The van der Waals surface area contributed by atoms with Gasteiger partial charge in [0, 0.05) is 0 Å². The summed E-state index contributed by atoms with van der Waals surface area (Å²) in [7, 11) is 0. The molecule has 5 nitrogen and oxygen atoms in total. The highest BCUT2D eigenvalue weighted by Gasteiger charge is 2.72. The van der Waals surface area contributed by atoms with Gasteiger partial charge in [-0.05, 0) is 34.4 Å². The van der Waals surface area contributed by atoms with Gasteiger partial charge in [-0.3, -0.25) is 9.59 Å². The Morgan fingerprint density at radius 3 is 1.50 bits per heavy atom. The van der Waals surface area contributed by atoms with E-state index in [0.29, 0.717) is 0 Å². The molecule has 1 fully saturated rings. The van der Waals surface area contributed by atoms with Gasteiger partial charge in [0.05, 0.1) is 31.7 Å². The second kappa shape index (κ2) is 6.39. The van der Waals surface area contributed by atoms with Gasteiger partial charge in [0.2, 0.25) is 11.8 Å². The number of carbonyl (C=O) groups is 3. The highest BCUT2D eigenvalue weighted by atomic mass is 79.9. The average Bonchev–Trinajstić information content (AvgIpc) is 3.08. The van der Waals surface area contributed by atoms with Crippen LogP contribution in [-0.4, -0.2) is 22.9 Å². The number of benzene rings is 3. The topological polar surface area (TPSA) is 74.7 Å². The molecule has 3 aromatic rings. The first-order valence-corrected chi connectivity index (χ1v) is 11.7. The van der Waals surface area contributed by atoms with Crippen molar-refractivity contribution >= 4 is 55.3 Å². The lowest BCUT2D eigenvalue weighted by Crippen LogP contribution is -2.56. The van der Waals surface area contributed by atoms with Gasteiger partial charge in [-0.25, -0.2) is 9.69 Å². The summed E-state index contributed by atoms with van der Waals surface area (Å²) in [6.07, 6.45) is 0. The molecular weight excluding hydrogens is 538 g/mol. The molecule has 0 saturated carbocycles. The lowest BCUT2D eigenvalue weighted by atomic mass is 9.54. The fraction of sp³-hybridized carbons (Fsp3) is 0.160. The van der Waals surface area contributed by atoms with Crippen molar-refractivity contribution in [3.63, 3.8) is 0 Å². The Morgan fingerprint density at radius 2 is 1.09 bits per heavy atom. The number of carboxylic acid groups (broad SMARTS) is 1. The summed E-state index contributed by atoms with van der Waals surface area (Å²) in [6, 6.07) is 21.8. The van der Waals surface area contributed by atoms with Crippen molar-refractivity contribution in [3.8, 4) is 0 Å². The molecule has 158 valence electrons. The largest absolute Gasteiger partial charge is 0.478 e. The number of carboxylic acids is 1. The highest BCUT2D eigenvalue weighted by molar-refractivity contribution is 9.10. The van der Waals surface area contributed by atoms with Crippen LogP contribution in [0, 0.1) is 11.8 Å². The number of para-hydroxylation sites is 1. The van der Waals surface area contributed by atoms with Crippen molar-refractivity contribution in [2.75, 3.05) is 4.90 Å². The summed E-state index contributed by atoms with van der Waals surface area (Å²) in [6.45, 7) is 0. The quantitative estimate of drug-likeness (QED) is 0.366. The number of anilines is 1. The summed E-state index contributed by atoms with van der Waals surface area (Å²) in [4.78, 5) is 40.8. The summed E-state index contributed by atoms with van der Waals surface area (Å²) in [5.41, 5.74) is 3.77. The minimum absolute atomic E-state index is 0.0810. The van der Waals surface area contributed by atoms with Crippen molar-refractivity contribution < 1.29 is 19.5 Å². The summed E-state index contributed by atoms with van der Waals surface area (Å²) >= 11 is 7.88. The normalized spacial score (nSPS) is 29.5. The van der Waals surface area contributed by atoms with Gasteiger partial charge in [-0.1, -0.05) is 92.5 Å². The Labute approximate surface area is 200 Å². The van der Waals surface area contributed by atoms with Gasteiger partial charge in [-0.15, -0.1) is 0 Å². The Morgan fingerprint density at radius 1 is 0.719 bits per heavy atom. The van der Waals surface area contributed by atoms with Crippen molar-refractivity contribution in [1.29, 1.82) is 0 Å². The zero-order valence-corrected chi connectivity index (χ0v) is 19.6. The minimum atomic E-state index is -1.19. The van der Waals surface area contributed by atoms with Crippen LogP contribution in [0.1, 0.15) is 32.6 Å². The Kier molecular flexibility index (Phi) is 3.97. The van der Waals surface area contributed by atoms with Crippen molar-refractivity contribution in [2.24, 2.45) is 11.8 Å². The number of imide groups is 1. The third-order valence-corrected chi connectivity index (χ3v) is 9.66. The number of nitrogens with zero attached hydrogens (tertiary/aromatic N) is 1. The maximum absolute atomic E-state index is 13.9. The van der Waals surface area contributed by atoms with Crippen LogP contribution in [0.25, 0.3) is 0 Å². The fourth-order valence-electron chi connectivity index (χ4n) is 5.75. The number of halogens is 2. The molecule has 2 amide bonds. The van der Waals surface area contributed by atoms with Crippen LogP contribution < -0.4 is 4.90 Å². The number of alkyl halides is 2. The molecule has 2 bridgehead atoms. The Bertz CT molecular complexity index is 1250. The summed E-state index contributed by atoms with van der Waals surface area (Å²) < 4.78 is -1.81. The second-order valence-corrected chi connectivity index (χ2v) is 10.8. The van der Waals surface area contributed by atoms with Gasteiger partial charge in [0.1, 0.15) is 0 Å². The van der Waals surface area contributed by atoms with E-state index in [-0.39, 0.29) is 11.3 Å². The van der Waals surface area contributed by atoms with Crippen LogP contribution in [0.4, 0.5) is 5.69 Å². The third-order valence-electron chi connectivity index (χ3n) is 6.96. The van der Waals surface area contributed by atoms with Crippen LogP contribution in [0.3, 0.4) is 0 Å². The van der Waals surface area contributed by atoms with Crippen LogP contribution in [0.2, 0.25) is 0 Å². The van der Waals surface area contributed by atoms with E-state index < -0.39 is 38.3 Å². The van der Waals surface area contributed by atoms with E-state index in [4.69, 9.17) is 0 Å². The number of rotatable bonds is 2. The summed E-state index contributed by atoms with van der Waals surface area (Å²) in [5, 5.41) is 9.69. The molecule has 32 heavy (non-hydrogen) atoms. The van der Waals surface area contributed by atoms with E-state index in [1.807, 2.05) is 48.5 Å². The monoisotopic (exact) mass is 551 g/mol. The third kappa shape index (κ3) is 2.11. The molecular formula is C25H15Br2NO4. The van der Waals surface area contributed by atoms with E-state index in [9.17, 15) is 19.5 Å². The summed E-state index contributed by atoms with van der Waals surface area (Å²) in [5.74, 6) is -3.47. The lowest BCUT2D eigenvalue weighted by molar-refractivity contribution is -0.122. The molecule has 0 radical (unpaired) electrons. The van der Waals surface area contributed by atoms with E-state index in [1.54, 1.807) is 12.1 Å². The minimum Gasteiger partial charge on any atom is -0.478 e. The van der Waals surface area contributed by atoms with Crippen LogP contribution in [0.15, 0.2) is 72.8 Å². The first-order valence-electron chi connectivity index (χ1n) is 10.1. The predicted molar refractivity (Wildman–Crippen MR) is 125 cm³/mol. The highest BCUT2D eigenvalue weighted by Crippen LogP contribution is 2.70. The second-order valence-electron chi connectivity index (χ2n) is 8.30. The van der Waals surface area contributed by atoms with E-state index in [0.717, 1.165) is 27.2 Å². The van der Waals surface area contributed by atoms with Crippen molar-refractivity contribution in [2.45, 2.75) is 8.65 Å². The molecule has 4 aliphatic rings. The maximum Gasteiger partial charge on any atom is 0.337 e. The molecule has 7 rings (SSSR count). The fourth-order valence-corrected chi connectivity index (χ4v) is 8.06. The molecule has 1 N–H and O–H groups in total. The van der Waals surface area contributed by atoms with Crippen molar-refractivity contribution in [3.05, 3.63) is 101 Å². The van der Waals surface area contributed by atoms with E-state index in [1.165, 1.54) is 12.1 Å². The molecule has 2 atom stereocenters. The van der Waals surface area contributed by atoms with E-state index in [2.05, 4.69) is 31.9 Å². The Balaban J connectivity index is 1.66. The zero-order chi connectivity index (χ0) is 22.4. The number of aromatic carboxylic acids is 1. The molecule has 3 aromatic carbocycles. The van der Waals surface area contributed by atoms with Gasteiger partial charge in [0.15, 0.2) is 0 Å². The lowest BCUT2D eigenvalue weighted by Gasteiger charge is -2.55. The molecule has 0 aromatic heterocycles.